The van der Waals surface area contributed by atoms with Gasteiger partial charge >= 0.3 is 5.97 Å². The molecule has 0 saturated heterocycles. The van der Waals surface area contributed by atoms with E-state index in [1.807, 2.05) is 18.2 Å². The first-order valence-corrected chi connectivity index (χ1v) is 7.52. The highest BCUT2D eigenvalue weighted by Crippen LogP contribution is 2.32. The number of benzene rings is 2. The minimum atomic E-state index is -0.407. The summed E-state index contributed by atoms with van der Waals surface area (Å²) in [5, 5.41) is 2.80. The van der Waals surface area contributed by atoms with Crippen LogP contribution >= 0.6 is 0 Å². The van der Waals surface area contributed by atoms with E-state index < -0.39 is 5.97 Å². The van der Waals surface area contributed by atoms with Crippen LogP contribution in [0.3, 0.4) is 0 Å². The van der Waals surface area contributed by atoms with Crippen molar-refractivity contribution in [2.75, 3.05) is 19.2 Å². The zero-order valence-corrected chi connectivity index (χ0v) is 13.2. The van der Waals surface area contributed by atoms with Crippen LogP contribution in [0.1, 0.15) is 22.3 Å². The molecule has 0 spiro atoms. The van der Waals surface area contributed by atoms with Crippen molar-refractivity contribution in [2.24, 2.45) is 0 Å². The summed E-state index contributed by atoms with van der Waals surface area (Å²) in [5.74, 6) is 0.939. The van der Waals surface area contributed by atoms with Crippen LogP contribution in [-0.2, 0) is 16.0 Å². The Kier molecular flexibility index (Phi) is 4.65. The van der Waals surface area contributed by atoms with Crippen LogP contribution in [0.4, 0.5) is 5.69 Å². The first kappa shape index (κ1) is 15.9. The molecular formula is C18H17NO5. The summed E-state index contributed by atoms with van der Waals surface area (Å²) >= 11 is 0. The van der Waals surface area contributed by atoms with Crippen LogP contribution in [0.2, 0.25) is 0 Å². The second kappa shape index (κ2) is 7.04. The summed E-state index contributed by atoms with van der Waals surface area (Å²) in [6.07, 6.45) is 0.946. The molecule has 0 saturated carbocycles. The van der Waals surface area contributed by atoms with Crippen molar-refractivity contribution >= 4 is 17.6 Å². The lowest BCUT2D eigenvalue weighted by molar-refractivity contribution is -0.116. The quantitative estimate of drug-likeness (QED) is 0.855. The lowest BCUT2D eigenvalue weighted by Crippen LogP contribution is -2.12. The Hall–Kier alpha value is -3.02. The number of amides is 1. The zero-order chi connectivity index (χ0) is 16.9. The summed E-state index contributed by atoms with van der Waals surface area (Å²) < 4.78 is 15.2. The van der Waals surface area contributed by atoms with E-state index in [4.69, 9.17) is 9.47 Å². The number of hydrogen-bond donors (Lipinski definition) is 1. The van der Waals surface area contributed by atoms with Gasteiger partial charge in [0.1, 0.15) is 0 Å². The maximum atomic E-state index is 12.0. The Bertz CT molecular complexity index is 755. The molecule has 2 aromatic rings. The lowest BCUT2D eigenvalue weighted by atomic mass is 10.1. The number of carbonyl (C=O) groups excluding carboxylic acids is 2. The minimum Gasteiger partial charge on any atom is -0.465 e. The van der Waals surface area contributed by atoms with E-state index in [2.05, 4.69) is 10.1 Å². The molecule has 1 heterocycles. The normalized spacial score (nSPS) is 11.9. The van der Waals surface area contributed by atoms with Gasteiger partial charge in [0.25, 0.3) is 0 Å². The molecule has 0 fully saturated rings. The SMILES string of the molecule is COC(=O)c1ccc(NC(=O)CCc2ccc3c(c2)OCO3)cc1. The highest BCUT2D eigenvalue weighted by molar-refractivity contribution is 5.93. The monoisotopic (exact) mass is 327 g/mol. The molecule has 1 N–H and O–H groups in total. The van der Waals surface area contributed by atoms with Gasteiger partial charge in [-0.05, 0) is 48.4 Å². The molecule has 0 aliphatic carbocycles. The maximum absolute atomic E-state index is 12.0. The van der Waals surface area contributed by atoms with Crippen molar-refractivity contribution in [2.45, 2.75) is 12.8 Å². The second-order valence-electron chi connectivity index (χ2n) is 5.30. The van der Waals surface area contributed by atoms with Crippen LogP contribution in [0.5, 0.6) is 11.5 Å². The standard InChI is InChI=1S/C18H17NO5/c1-22-18(21)13-4-6-14(7-5-13)19-17(20)9-3-12-2-8-15-16(10-12)24-11-23-15/h2,4-8,10H,3,9,11H2,1H3,(H,19,20). The van der Waals surface area contributed by atoms with E-state index in [-0.39, 0.29) is 12.7 Å². The van der Waals surface area contributed by atoms with Gasteiger partial charge in [-0.15, -0.1) is 0 Å². The summed E-state index contributed by atoms with van der Waals surface area (Å²) in [6, 6.07) is 12.2. The number of nitrogens with one attached hydrogen (secondary N) is 1. The van der Waals surface area contributed by atoms with E-state index in [1.54, 1.807) is 24.3 Å². The van der Waals surface area contributed by atoms with Crippen LogP contribution < -0.4 is 14.8 Å². The number of hydrogen-bond acceptors (Lipinski definition) is 5. The first-order chi connectivity index (χ1) is 11.7. The van der Waals surface area contributed by atoms with E-state index in [1.165, 1.54) is 7.11 Å². The summed E-state index contributed by atoms with van der Waals surface area (Å²) in [4.78, 5) is 23.4. The number of fused-ring (bicyclic) bond motifs is 1. The average Bonchev–Trinajstić information content (AvgIpc) is 3.07. The van der Waals surface area contributed by atoms with Crippen LogP contribution in [-0.4, -0.2) is 25.8 Å². The summed E-state index contributed by atoms with van der Waals surface area (Å²) in [5.41, 5.74) is 2.09. The van der Waals surface area contributed by atoms with Gasteiger partial charge in [-0.3, -0.25) is 4.79 Å². The van der Waals surface area contributed by atoms with E-state index in [9.17, 15) is 9.59 Å². The fourth-order valence-electron chi connectivity index (χ4n) is 2.39. The predicted molar refractivity (Wildman–Crippen MR) is 87.3 cm³/mol. The van der Waals surface area contributed by atoms with Crippen molar-refractivity contribution in [3.05, 3.63) is 53.6 Å². The molecule has 124 valence electrons. The highest BCUT2D eigenvalue weighted by atomic mass is 16.7. The Morgan fingerprint density at radius 3 is 2.58 bits per heavy atom. The Balaban J connectivity index is 1.53. The molecule has 24 heavy (non-hydrogen) atoms. The first-order valence-electron chi connectivity index (χ1n) is 7.52. The fourth-order valence-corrected chi connectivity index (χ4v) is 2.39. The Morgan fingerprint density at radius 2 is 1.83 bits per heavy atom. The van der Waals surface area contributed by atoms with Gasteiger partial charge in [-0.1, -0.05) is 6.07 Å². The van der Waals surface area contributed by atoms with E-state index in [0.29, 0.717) is 29.8 Å². The number of methoxy groups -OCH3 is 1. The summed E-state index contributed by atoms with van der Waals surface area (Å²) in [6.45, 7) is 0.237. The van der Waals surface area contributed by atoms with Crippen molar-refractivity contribution in [1.82, 2.24) is 0 Å². The van der Waals surface area contributed by atoms with Gasteiger partial charge in [-0.25, -0.2) is 4.79 Å². The van der Waals surface area contributed by atoms with Crippen molar-refractivity contribution in [3.63, 3.8) is 0 Å². The number of rotatable bonds is 5. The molecule has 1 amide bonds. The number of anilines is 1. The molecule has 1 aliphatic rings. The van der Waals surface area contributed by atoms with E-state index in [0.717, 1.165) is 11.3 Å². The lowest BCUT2D eigenvalue weighted by Gasteiger charge is -2.07. The Labute approximate surface area is 139 Å². The van der Waals surface area contributed by atoms with Gasteiger partial charge < -0.3 is 19.5 Å². The van der Waals surface area contributed by atoms with Crippen LogP contribution in [0.25, 0.3) is 0 Å². The topological polar surface area (TPSA) is 73.9 Å². The van der Waals surface area contributed by atoms with Gasteiger partial charge in [0.05, 0.1) is 12.7 Å². The van der Waals surface area contributed by atoms with Crippen molar-refractivity contribution < 1.29 is 23.8 Å². The molecule has 3 rings (SSSR count). The molecule has 0 radical (unpaired) electrons. The molecule has 0 atom stereocenters. The fraction of sp³-hybridized carbons (Fsp3) is 0.222. The Morgan fingerprint density at radius 1 is 1.08 bits per heavy atom. The number of ether oxygens (including phenoxy) is 3. The largest absolute Gasteiger partial charge is 0.465 e. The van der Waals surface area contributed by atoms with Gasteiger partial charge in [0, 0.05) is 12.1 Å². The molecule has 6 nitrogen and oxygen atoms in total. The minimum absolute atomic E-state index is 0.0986. The van der Waals surface area contributed by atoms with Crippen molar-refractivity contribution in [3.8, 4) is 11.5 Å². The molecule has 6 heteroatoms. The zero-order valence-electron chi connectivity index (χ0n) is 13.2. The van der Waals surface area contributed by atoms with E-state index >= 15 is 0 Å². The second-order valence-corrected chi connectivity index (χ2v) is 5.30. The van der Waals surface area contributed by atoms with Gasteiger partial charge in [-0.2, -0.15) is 0 Å². The smallest absolute Gasteiger partial charge is 0.337 e. The molecule has 2 aromatic carbocycles. The maximum Gasteiger partial charge on any atom is 0.337 e. The average molecular weight is 327 g/mol. The van der Waals surface area contributed by atoms with Crippen molar-refractivity contribution in [1.29, 1.82) is 0 Å². The molecule has 0 aromatic heterocycles. The number of carbonyl (C=O) groups is 2. The van der Waals surface area contributed by atoms with Gasteiger partial charge in [0.2, 0.25) is 12.7 Å². The molecule has 1 aliphatic heterocycles. The van der Waals surface area contributed by atoms with Gasteiger partial charge in [0.15, 0.2) is 11.5 Å². The third-order valence-electron chi connectivity index (χ3n) is 3.67. The summed E-state index contributed by atoms with van der Waals surface area (Å²) in [7, 11) is 1.33. The van der Waals surface area contributed by atoms with Crippen LogP contribution in [0, 0.1) is 0 Å². The highest BCUT2D eigenvalue weighted by Gasteiger charge is 2.13. The third-order valence-corrected chi connectivity index (χ3v) is 3.67. The van der Waals surface area contributed by atoms with Crippen LogP contribution in [0.15, 0.2) is 42.5 Å². The predicted octanol–water partition coefficient (Wildman–Crippen LogP) is 2.77. The molecule has 0 bridgehead atoms. The number of esters is 1. The molecule has 0 unspecified atom stereocenters. The number of aryl methyl sites for hydroxylation is 1. The third kappa shape index (κ3) is 3.65. The molecular weight excluding hydrogens is 310 g/mol.